The fourth-order valence-corrected chi connectivity index (χ4v) is 11.8. The van der Waals surface area contributed by atoms with Gasteiger partial charge in [0.15, 0.2) is 23.6 Å². The maximum absolute atomic E-state index is 13.4. The summed E-state index contributed by atoms with van der Waals surface area (Å²) in [5, 5.41) is 4.57. The lowest BCUT2D eigenvalue weighted by Gasteiger charge is -2.23. The summed E-state index contributed by atoms with van der Waals surface area (Å²) in [6.45, 7) is 3.29. The van der Waals surface area contributed by atoms with Crippen molar-refractivity contribution in [2.24, 2.45) is 0 Å². The summed E-state index contributed by atoms with van der Waals surface area (Å²) >= 11 is 10.2. The largest absolute Gasteiger partial charge is 0.348 e. The SMILES string of the molecule is CNCc1ccc(C(=O)c2cn(Cc3cccc(Br)n3)c3ccccc3c2=O)cc1.O=C(c1ccc(C2OCCCO2)cc1)c1cn(Cc2cccc(Br)n2)c2ccccc2c1=O.O=Cc1ccc(C(=O)c2cn(Cc3cccc(Br)n3)c3ccccc3c2=O)cc1. The third kappa shape index (κ3) is 14.9. The van der Waals surface area contributed by atoms with Crippen LogP contribution in [-0.4, -0.2) is 72.6 Å². The summed E-state index contributed by atoms with van der Waals surface area (Å²) in [6, 6.07) is 59.4. The van der Waals surface area contributed by atoms with Crippen LogP contribution >= 0.6 is 47.8 Å². The van der Waals surface area contributed by atoms with Gasteiger partial charge in [-0.25, -0.2) is 15.0 Å². The van der Waals surface area contributed by atoms with Gasteiger partial charge in [-0.1, -0.05) is 127 Å². The second-order valence-corrected chi connectivity index (χ2v) is 23.8. The average molecular weight is 1420 g/mol. The van der Waals surface area contributed by atoms with Gasteiger partial charge < -0.3 is 28.5 Å². The van der Waals surface area contributed by atoms with E-state index in [4.69, 9.17) is 9.47 Å². The zero-order chi connectivity index (χ0) is 64.3. The molecule has 0 bridgehead atoms. The van der Waals surface area contributed by atoms with Crippen LogP contribution in [0.2, 0.25) is 0 Å². The first-order valence-corrected chi connectivity index (χ1v) is 31.6. The quantitative estimate of drug-likeness (QED) is 0.0544. The van der Waals surface area contributed by atoms with E-state index in [1.54, 1.807) is 97.5 Å². The highest BCUT2D eigenvalue weighted by Gasteiger charge is 2.23. The molecule has 1 aliphatic rings. The number of aldehydes is 1. The number of halogens is 3. The second kappa shape index (κ2) is 29.6. The summed E-state index contributed by atoms with van der Waals surface area (Å²) in [5.41, 5.74) is 7.88. The van der Waals surface area contributed by atoms with E-state index in [9.17, 15) is 33.6 Å². The third-order valence-corrected chi connectivity index (χ3v) is 16.5. The molecule has 1 fully saturated rings. The summed E-state index contributed by atoms with van der Waals surface area (Å²) in [6.07, 6.45) is 6.04. The Kier molecular flexibility index (Phi) is 20.6. The topological polar surface area (TPSA) is 203 Å². The number of carbonyl (C=O) groups is 4. The first kappa shape index (κ1) is 63.9. The molecule has 0 saturated carbocycles. The number of carbonyl (C=O) groups excluding carboxylic acids is 4. The summed E-state index contributed by atoms with van der Waals surface area (Å²) in [7, 11) is 1.87. The van der Waals surface area contributed by atoms with E-state index >= 15 is 0 Å². The monoisotopic (exact) mass is 1410 g/mol. The third-order valence-electron chi connectivity index (χ3n) is 15.2. The van der Waals surface area contributed by atoms with Crippen molar-refractivity contribution in [1.82, 2.24) is 34.0 Å². The molecule has 0 aliphatic carbocycles. The number of hydrogen-bond acceptors (Lipinski definition) is 13. The highest BCUT2D eigenvalue weighted by molar-refractivity contribution is 9.11. The van der Waals surface area contributed by atoms with Gasteiger partial charge in [-0.05, 0) is 140 Å². The molecular formula is C73H56Br3N7O9. The number of para-hydroxylation sites is 3. The molecular weight excluding hydrogens is 1360 g/mol. The van der Waals surface area contributed by atoms with Crippen molar-refractivity contribution in [3.8, 4) is 0 Å². The molecule has 0 unspecified atom stereocenters. The predicted molar refractivity (Wildman–Crippen MR) is 365 cm³/mol. The molecule has 1 aliphatic heterocycles. The maximum atomic E-state index is 13.4. The van der Waals surface area contributed by atoms with E-state index in [0.29, 0.717) is 82.1 Å². The van der Waals surface area contributed by atoms with Gasteiger partial charge in [0.05, 0.1) is 83.2 Å². The molecule has 19 heteroatoms. The van der Waals surface area contributed by atoms with E-state index < -0.39 is 6.29 Å². The number of benzene rings is 6. The fraction of sp³-hybridized carbons (Fsp3) is 0.123. The molecule has 12 aromatic rings. The minimum atomic E-state index is -0.418. The van der Waals surface area contributed by atoms with Crippen LogP contribution in [0, 0.1) is 0 Å². The van der Waals surface area contributed by atoms with Crippen molar-refractivity contribution in [2.75, 3.05) is 20.3 Å². The van der Waals surface area contributed by atoms with Gasteiger partial charge in [-0.3, -0.25) is 33.6 Å². The molecule has 0 amide bonds. The zero-order valence-corrected chi connectivity index (χ0v) is 54.1. The Morgan fingerprint density at radius 1 is 0.467 bits per heavy atom. The normalized spacial score (nSPS) is 12.2. The lowest BCUT2D eigenvalue weighted by molar-refractivity contribution is -0.183. The maximum Gasteiger partial charge on any atom is 0.200 e. The smallest absolute Gasteiger partial charge is 0.200 e. The van der Waals surface area contributed by atoms with Crippen LogP contribution in [0.15, 0.2) is 247 Å². The number of nitrogens with one attached hydrogen (secondary N) is 1. The second-order valence-electron chi connectivity index (χ2n) is 21.4. The van der Waals surface area contributed by atoms with E-state index in [1.807, 2.05) is 142 Å². The van der Waals surface area contributed by atoms with Crippen molar-refractivity contribution in [3.63, 3.8) is 0 Å². The molecule has 458 valence electrons. The minimum Gasteiger partial charge on any atom is -0.348 e. The summed E-state index contributed by atoms with van der Waals surface area (Å²) < 4.78 is 19.1. The lowest BCUT2D eigenvalue weighted by Crippen LogP contribution is -2.21. The van der Waals surface area contributed by atoms with Crippen molar-refractivity contribution < 1.29 is 28.7 Å². The van der Waals surface area contributed by atoms with Crippen molar-refractivity contribution in [1.29, 1.82) is 0 Å². The van der Waals surface area contributed by atoms with E-state index in [1.165, 1.54) is 0 Å². The van der Waals surface area contributed by atoms with Crippen LogP contribution in [0.4, 0.5) is 0 Å². The highest BCUT2D eigenvalue weighted by atomic mass is 79.9. The molecule has 1 saturated heterocycles. The molecule has 7 heterocycles. The Morgan fingerprint density at radius 2 is 0.815 bits per heavy atom. The number of fused-ring (bicyclic) bond motifs is 3. The van der Waals surface area contributed by atoms with Gasteiger partial charge in [0.1, 0.15) is 20.1 Å². The Morgan fingerprint density at radius 3 is 1.16 bits per heavy atom. The number of hydrogen-bond donors (Lipinski definition) is 1. The Labute approximate surface area is 552 Å². The molecule has 16 nitrogen and oxygen atoms in total. The van der Waals surface area contributed by atoms with Gasteiger partial charge in [-0.15, -0.1) is 0 Å². The van der Waals surface area contributed by atoms with Crippen LogP contribution in [-0.2, 0) is 35.7 Å². The number of nitrogens with zero attached hydrogens (tertiary/aromatic N) is 6. The molecule has 0 radical (unpaired) electrons. The lowest BCUT2D eigenvalue weighted by atomic mass is 10.0. The molecule has 92 heavy (non-hydrogen) atoms. The standard InChI is InChI=1S/C26H21BrN2O4.C24H20BrN3O2.C23H15BrN2O3/c27-23-8-3-5-19(28-23)15-29-16-21(25(31)20-6-1-2-7-22(20)29)24(30)17-9-11-18(12-10-17)26-32-13-4-14-33-26;1-26-13-16-9-11-17(12-10-16)23(29)20-15-28(14-18-5-4-8-22(25)27-18)21-7-3-2-6-19(21)24(20)30;24-21-7-3-4-17(25-21)12-26-13-19(23(29)18-5-1-2-6-20(18)26)22(28)16-10-8-15(14-27)9-11-16/h1-3,5-12,16,26H,4,13-15H2;2-12,15,26H,13-14H2,1H3;1-11,13-14H,12H2. The highest BCUT2D eigenvalue weighted by Crippen LogP contribution is 2.25. The van der Waals surface area contributed by atoms with Gasteiger partial charge in [0, 0.05) is 69.1 Å². The fourth-order valence-electron chi connectivity index (χ4n) is 10.7. The van der Waals surface area contributed by atoms with Crippen molar-refractivity contribution in [2.45, 2.75) is 38.9 Å². The predicted octanol–water partition coefficient (Wildman–Crippen LogP) is 13.3. The molecule has 1 N–H and O–H groups in total. The van der Waals surface area contributed by atoms with Crippen LogP contribution in [0.3, 0.4) is 0 Å². The van der Waals surface area contributed by atoms with Gasteiger partial charge in [0.25, 0.3) is 0 Å². The Hall–Kier alpha value is -9.60. The summed E-state index contributed by atoms with van der Waals surface area (Å²) in [4.78, 5) is 103. The van der Waals surface area contributed by atoms with Crippen LogP contribution in [0.25, 0.3) is 32.7 Å². The average Bonchev–Trinajstić information content (AvgIpc) is 0.840. The number of ether oxygens (including phenoxy) is 2. The van der Waals surface area contributed by atoms with Gasteiger partial charge in [-0.2, -0.15) is 0 Å². The first-order valence-electron chi connectivity index (χ1n) is 29.2. The van der Waals surface area contributed by atoms with Crippen LogP contribution < -0.4 is 21.6 Å². The number of aromatic nitrogens is 6. The molecule has 0 atom stereocenters. The van der Waals surface area contributed by atoms with Gasteiger partial charge >= 0.3 is 0 Å². The summed E-state index contributed by atoms with van der Waals surface area (Å²) in [5.74, 6) is -0.981. The minimum absolute atomic E-state index is 0.0811. The molecule has 13 rings (SSSR count). The Balaban J connectivity index is 0.000000142. The van der Waals surface area contributed by atoms with E-state index in [2.05, 4.69) is 68.1 Å². The number of rotatable bonds is 16. The molecule has 6 aromatic heterocycles. The van der Waals surface area contributed by atoms with E-state index in [-0.39, 0.29) is 50.3 Å². The zero-order valence-electron chi connectivity index (χ0n) is 49.4. The van der Waals surface area contributed by atoms with Crippen molar-refractivity contribution >= 4 is 104 Å². The van der Waals surface area contributed by atoms with Crippen LogP contribution in [0.5, 0.6) is 0 Å². The molecule has 0 spiro atoms. The Bertz CT molecular complexity index is 4930. The number of ketones is 3. The van der Waals surface area contributed by atoms with E-state index in [0.717, 1.165) is 66.9 Å². The van der Waals surface area contributed by atoms with Gasteiger partial charge in [0.2, 0.25) is 16.3 Å². The molecule has 6 aromatic carbocycles. The number of pyridine rings is 6. The first-order chi connectivity index (χ1) is 44.7. The van der Waals surface area contributed by atoms with Crippen LogP contribution in [0.1, 0.15) is 99.0 Å². The van der Waals surface area contributed by atoms with Crippen molar-refractivity contribution in [3.05, 3.63) is 330 Å².